The average molecular weight is 498 g/mol. The number of para-hydroxylation sites is 1. The van der Waals surface area contributed by atoms with Crippen LogP contribution in [0.1, 0.15) is 50.9 Å². The van der Waals surface area contributed by atoms with E-state index in [-0.39, 0.29) is 10.9 Å². The minimum absolute atomic E-state index is 0.0535. The van der Waals surface area contributed by atoms with Crippen LogP contribution in [0.3, 0.4) is 0 Å². The van der Waals surface area contributed by atoms with E-state index in [0.717, 1.165) is 35.4 Å². The van der Waals surface area contributed by atoms with Crippen LogP contribution in [0.4, 0.5) is 10.2 Å². The lowest BCUT2D eigenvalue weighted by atomic mass is 9.95. The van der Waals surface area contributed by atoms with Crippen molar-refractivity contribution in [3.63, 3.8) is 0 Å². The van der Waals surface area contributed by atoms with Gasteiger partial charge in [0.1, 0.15) is 17.5 Å². The molecule has 1 unspecified atom stereocenters. The minimum Gasteiger partial charge on any atom is -0.367 e. The van der Waals surface area contributed by atoms with Crippen LogP contribution in [0.2, 0.25) is 0 Å². The molecule has 1 aliphatic carbocycles. The Hall–Kier alpha value is -2.62. The number of hydrogen-bond donors (Lipinski definition) is 1. The van der Waals surface area contributed by atoms with Gasteiger partial charge in [-0.2, -0.15) is 4.31 Å². The molecule has 1 aliphatic heterocycles. The van der Waals surface area contributed by atoms with Gasteiger partial charge in [0.2, 0.25) is 10.0 Å². The summed E-state index contributed by atoms with van der Waals surface area (Å²) < 4.78 is 40.7. The number of piperazine rings is 1. The summed E-state index contributed by atoms with van der Waals surface area (Å²) in [7, 11) is -3.65. The highest BCUT2D eigenvalue weighted by Crippen LogP contribution is 2.29. The van der Waals surface area contributed by atoms with E-state index in [1.807, 2.05) is 18.2 Å². The van der Waals surface area contributed by atoms with Crippen LogP contribution < -0.4 is 5.32 Å². The Morgan fingerprint density at radius 3 is 2.34 bits per heavy atom. The first-order chi connectivity index (χ1) is 16.9. The average Bonchev–Trinajstić information content (AvgIpc) is 2.89. The van der Waals surface area contributed by atoms with Gasteiger partial charge in [-0.1, -0.05) is 31.4 Å². The fraction of sp³-hybridized carbons (Fsp3) is 0.462. The van der Waals surface area contributed by atoms with Crippen molar-refractivity contribution < 1.29 is 12.8 Å². The second-order valence-electron chi connectivity index (χ2n) is 9.50. The third kappa shape index (κ3) is 5.17. The van der Waals surface area contributed by atoms with E-state index in [1.54, 1.807) is 0 Å². The molecule has 3 aromatic rings. The molecule has 186 valence electrons. The van der Waals surface area contributed by atoms with Gasteiger partial charge in [-0.15, -0.1) is 0 Å². The molecular weight excluding hydrogens is 465 g/mol. The third-order valence-electron chi connectivity index (χ3n) is 7.21. The molecule has 2 aromatic carbocycles. The molecule has 1 N–H and O–H groups in total. The van der Waals surface area contributed by atoms with Crippen LogP contribution in [-0.2, 0) is 10.0 Å². The van der Waals surface area contributed by atoms with Gasteiger partial charge >= 0.3 is 0 Å². The van der Waals surface area contributed by atoms with E-state index in [9.17, 15) is 12.8 Å². The van der Waals surface area contributed by atoms with E-state index in [2.05, 4.69) is 23.2 Å². The molecule has 9 heteroatoms. The number of sulfonamides is 1. The molecule has 2 aliphatic rings. The first-order valence-corrected chi connectivity index (χ1v) is 13.9. The van der Waals surface area contributed by atoms with Gasteiger partial charge in [0, 0.05) is 37.6 Å². The van der Waals surface area contributed by atoms with Crippen molar-refractivity contribution in [2.45, 2.75) is 56.0 Å². The SMILES string of the molecule is CC(c1nc(NC2CCCCC2)c2ccccc2n1)N1CCN(S(=O)(=O)c2ccc(F)cc2)CC1. The van der Waals surface area contributed by atoms with Crippen LogP contribution in [0.25, 0.3) is 10.9 Å². The summed E-state index contributed by atoms with van der Waals surface area (Å²) in [4.78, 5) is 12.2. The Balaban J connectivity index is 1.32. The van der Waals surface area contributed by atoms with Crippen LogP contribution in [0, 0.1) is 5.82 Å². The molecule has 0 spiro atoms. The number of hydrogen-bond acceptors (Lipinski definition) is 6. The van der Waals surface area contributed by atoms with Crippen molar-refractivity contribution >= 4 is 26.7 Å². The normalized spacial score (nSPS) is 19.6. The Morgan fingerprint density at radius 2 is 1.63 bits per heavy atom. The largest absolute Gasteiger partial charge is 0.367 e. The van der Waals surface area contributed by atoms with Gasteiger partial charge in [-0.05, 0) is 56.2 Å². The second kappa shape index (κ2) is 10.2. The van der Waals surface area contributed by atoms with E-state index in [0.29, 0.717) is 32.2 Å². The number of nitrogens with zero attached hydrogens (tertiary/aromatic N) is 4. The highest BCUT2D eigenvalue weighted by Gasteiger charge is 2.31. The van der Waals surface area contributed by atoms with Crippen LogP contribution in [0.15, 0.2) is 53.4 Å². The predicted octanol–water partition coefficient (Wildman–Crippen LogP) is 4.58. The molecule has 35 heavy (non-hydrogen) atoms. The Labute approximate surface area is 206 Å². The van der Waals surface area contributed by atoms with Crippen LogP contribution in [-0.4, -0.2) is 59.8 Å². The standard InChI is InChI=1S/C26H32FN5O2S/c1-19(31-15-17-32(18-16-31)35(33,34)22-13-11-20(27)12-14-22)25-29-24-10-6-5-9-23(24)26(30-25)28-21-7-3-2-4-8-21/h5-6,9-14,19,21H,2-4,7-8,15-18H2,1H3,(H,28,29,30). The van der Waals surface area contributed by atoms with Gasteiger partial charge in [0.15, 0.2) is 0 Å². The van der Waals surface area contributed by atoms with Gasteiger partial charge in [0.05, 0.1) is 16.5 Å². The molecule has 0 amide bonds. The monoisotopic (exact) mass is 497 g/mol. The summed E-state index contributed by atoms with van der Waals surface area (Å²) in [6, 6.07) is 13.5. The van der Waals surface area contributed by atoms with Crippen LogP contribution in [0.5, 0.6) is 0 Å². The van der Waals surface area contributed by atoms with E-state index in [1.165, 1.54) is 47.8 Å². The van der Waals surface area contributed by atoms with Crippen molar-refractivity contribution in [1.29, 1.82) is 0 Å². The van der Waals surface area contributed by atoms with Gasteiger partial charge in [-0.25, -0.2) is 22.8 Å². The smallest absolute Gasteiger partial charge is 0.243 e. The molecule has 0 radical (unpaired) electrons. The quantitative estimate of drug-likeness (QED) is 0.537. The highest BCUT2D eigenvalue weighted by molar-refractivity contribution is 7.89. The Morgan fingerprint density at radius 1 is 0.943 bits per heavy atom. The number of anilines is 1. The third-order valence-corrected chi connectivity index (χ3v) is 9.13. The molecule has 1 aromatic heterocycles. The highest BCUT2D eigenvalue weighted by atomic mass is 32.2. The maximum absolute atomic E-state index is 13.2. The summed E-state index contributed by atoms with van der Waals surface area (Å²) in [5.41, 5.74) is 0.917. The number of fused-ring (bicyclic) bond motifs is 1. The zero-order valence-electron chi connectivity index (χ0n) is 20.0. The molecule has 1 atom stereocenters. The predicted molar refractivity (Wildman–Crippen MR) is 135 cm³/mol. The number of aromatic nitrogens is 2. The maximum atomic E-state index is 13.2. The van der Waals surface area contributed by atoms with Crippen molar-refractivity contribution in [1.82, 2.24) is 19.2 Å². The van der Waals surface area contributed by atoms with Crippen molar-refractivity contribution in [2.75, 3.05) is 31.5 Å². The molecule has 1 saturated heterocycles. The molecular formula is C26H32FN5O2S. The van der Waals surface area contributed by atoms with E-state index in [4.69, 9.17) is 9.97 Å². The summed E-state index contributed by atoms with van der Waals surface area (Å²) in [5, 5.41) is 4.72. The Kier molecular flexibility index (Phi) is 7.00. The lowest BCUT2D eigenvalue weighted by molar-refractivity contribution is 0.141. The first-order valence-electron chi connectivity index (χ1n) is 12.4. The van der Waals surface area contributed by atoms with Crippen molar-refractivity contribution in [2.24, 2.45) is 0 Å². The number of benzene rings is 2. The number of nitrogens with one attached hydrogen (secondary N) is 1. The van der Waals surface area contributed by atoms with Gasteiger partial charge in [0.25, 0.3) is 0 Å². The van der Waals surface area contributed by atoms with E-state index >= 15 is 0 Å². The van der Waals surface area contributed by atoms with Crippen molar-refractivity contribution in [3.05, 3.63) is 60.2 Å². The summed E-state index contributed by atoms with van der Waals surface area (Å²) in [6.45, 7) is 3.96. The van der Waals surface area contributed by atoms with E-state index < -0.39 is 15.8 Å². The maximum Gasteiger partial charge on any atom is 0.243 e. The molecule has 2 heterocycles. The second-order valence-corrected chi connectivity index (χ2v) is 11.4. The fourth-order valence-electron chi connectivity index (χ4n) is 5.08. The topological polar surface area (TPSA) is 78.4 Å². The summed E-state index contributed by atoms with van der Waals surface area (Å²) in [6.07, 6.45) is 6.11. The molecule has 1 saturated carbocycles. The first kappa shape index (κ1) is 24.1. The fourth-order valence-corrected chi connectivity index (χ4v) is 6.50. The lowest BCUT2D eigenvalue weighted by Crippen LogP contribution is -2.49. The van der Waals surface area contributed by atoms with Gasteiger partial charge < -0.3 is 5.32 Å². The zero-order chi connectivity index (χ0) is 24.4. The van der Waals surface area contributed by atoms with Gasteiger partial charge in [-0.3, -0.25) is 4.90 Å². The molecule has 2 fully saturated rings. The number of halogens is 1. The molecule has 0 bridgehead atoms. The van der Waals surface area contributed by atoms with Crippen molar-refractivity contribution in [3.8, 4) is 0 Å². The number of rotatable bonds is 6. The molecule has 7 nitrogen and oxygen atoms in total. The minimum atomic E-state index is -3.65. The molecule has 5 rings (SSSR count). The summed E-state index contributed by atoms with van der Waals surface area (Å²) in [5.74, 6) is 1.19. The Bertz CT molecular complexity index is 1270. The summed E-state index contributed by atoms with van der Waals surface area (Å²) >= 11 is 0. The lowest BCUT2D eigenvalue weighted by Gasteiger charge is -2.37. The zero-order valence-corrected chi connectivity index (χ0v) is 20.8. The van der Waals surface area contributed by atoms with Crippen LogP contribution >= 0.6 is 0 Å².